The molecule has 7 heteroatoms. The molecule has 0 fully saturated rings. The molecule has 6 nitrogen and oxygen atoms in total. The van der Waals surface area contributed by atoms with E-state index in [0.717, 1.165) is 0 Å². The van der Waals surface area contributed by atoms with Gasteiger partial charge in [0.25, 0.3) is 8.53 Å². The van der Waals surface area contributed by atoms with E-state index in [0.29, 0.717) is 6.29 Å². The third-order valence-corrected chi connectivity index (χ3v) is 1.68. The lowest BCUT2D eigenvalue weighted by molar-refractivity contribution is -0.111. The number of aliphatic hydroxyl groups is 2. The maximum Gasteiger partial charge on any atom is 0.250 e. The Morgan fingerprint density at radius 2 is 2.25 bits per heavy atom. The molecule has 0 rings (SSSR count). The minimum atomic E-state index is -2.12. The van der Waals surface area contributed by atoms with Gasteiger partial charge in [-0.3, -0.25) is 5.50 Å². The average Bonchev–Trinajstić information content (AvgIpc) is 2.00. The smallest absolute Gasteiger partial charge is 0.250 e. The largest absolute Gasteiger partial charge is 0.394 e. The Bertz CT molecular complexity index is 133. The van der Waals surface area contributed by atoms with Crippen LogP contribution in [-0.2, 0) is 9.32 Å². The van der Waals surface area contributed by atoms with E-state index in [1.807, 2.05) is 0 Å². The SMILES string of the molecule is NP(O)O[C@H](CO)[C@@H](O)CC=O. The number of aldehydes is 1. The molecule has 0 radical (unpaired) electrons. The highest BCUT2D eigenvalue weighted by Gasteiger charge is 2.20. The monoisotopic (exact) mass is 197 g/mol. The third-order valence-electron chi connectivity index (χ3n) is 1.19. The molecule has 0 aromatic heterocycles. The first-order chi connectivity index (χ1) is 5.61. The molecule has 0 saturated heterocycles. The Morgan fingerprint density at radius 3 is 2.58 bits per heavy atom. The predicted molar refractivity (Wildman–Crippen MR) is 42.0 cm³/mol. The molecule has 0 heterocycles. The van der Waals surface area contributed by atoms with Gasteiger partial charge in [0.1, 0.15) is 12.4 Å². The van der Waals surface area contributed by atoms with Crippen molar-refractivity contribution in [3.05, 3.63) is 0 Å². The number of nitrogens with two attached hydrogens (primary N) is 1. The second-order valence-electron chi connectivity index (χ2n) is 2.10. The molecule has 1 unspecified atom stereocenters. The lowest BCUT2D eigenvalue weighted by atomic mass is 10.2. The molecule has 0 amide bonds. The van der Waals surface area contributed by atoms with Crippen molar-refractivity contribution in [3.8, 4) is 0 Å². The topological polar surface area (TPSA) is 113 Å². The van der Waals surface area contributed by atoms with Crippen LogP contribution < -0.4 is 5.50 Å². The van der Waals surface area contributed by atoms with Crippen LogP contribution in [0.15, 0.2) is 0 Å². The summed E-state index contributed by atoms with van der Waals surface area (Å²) >= 11 is 0. The van der Waals surface area contributed by atoms with Crippen LogP contribution in [0.2, 0.25) is 0 Å². The van der Waals surface area contributed by atoms with E-state index in [2.05, 4.69) is 4.52 Å². The molecule has 0 aliphatic carbocycles. The van der Waals surface area contributed by atoms with Gasteiger partial charge in [-0.1, -0.05) is 0 Å². The van der Waals surface area contributed by atoms with Gasteiger partial charge in [0.05, 0.1) is 12.7 Å². The summed E-state index contributed by atoms with van der Waals surface area (Å²) in [5, 5.41) is 17.7. The van der Waals surface area contributed by atoms with Gasteiger partial charge in [0, 0.05) is 6.42 Å². The Hall–Kier alpha value is -0.1000. The number of hydrogen-bond acceptors (Lipinski definition) is 6. The fourth-order valence-electron chi connectivity index (χ4n) is 0.614. The number of aliphatic hydroxyl groups excluding tert-OH is 2. The van der Waals surface area contributed by atoms with Gasteiger partial charge in [-0.05, 0) is 0 Å². The molecule has 0 bridgehead atoms. The molecule has 5 N–H and O–H groups in total. The summed E-state index contributed by atoms with van der Waals surface area (Å²) in [6, 6.07) is 0. The first-order valence-electron chi connectivity index (χ1n) is 3.24. The fourth-order valence-corrected chi connectivity index (χ4v) is 1.10. The highest BCUT2D eigenvalue weighted by molar-refractivity contribution is 7.43. The summed E-state index contributed by atoms with van der Waals surface area (Å²) in [5.74, 6) is 0. The Kier molecular flexibility index (Phi) is 6.37. The van der Waals surface area contributed by atoms with Crippen LogP contribution in [0.5, 0.6) is 0 Å². The lowest BCUT2D eigenvalue weighted by Gasteiger charge is -2.19. The summed E-state index contributed by atoms with van der Waals surface area (Å²) in [7, 11) is -2.12. The zero-order valence-electron chi connectivity index (χ0n) is 6.33. The van der Waals surface area contributed by atoms with Crippen molar-refractivity contribution in [1.29, 1.82) is 0 Å². The zero-order chi connectivity index (χ0) is 9.56. The molecule has 0 aliphatic rings. The highest BCUT2D eigenvalue weighted by atomic mass is 31.2. The van der Waals surface area contributed by atoms with Gasteiger partial charge in [-0.15, -0.1) is 0 Å². The molecule has 0 saturated carbocycles. The number of rotatable bonds is 6. The molecule has 0 spiro atoms. The maximum atomic E-state index is 9.94. The molecule has 72 valence electrons. The molecule has 0 aliphatic heterocycles. The van der Waals surface area contributed by atoms with E-state index in [-0.39, 0.29) is 6.42 Å². The van der Waals surface area contributed by atoms with Crippen LogP contribution in [0.1, 0.15) is 6.42 Å². The van der Waals surface area contributed by atoms with Crippen molar-refractivity contribution >= 4 is 14.8 Å². The van der Waals surface area contributed by atoms with Crippen molar-refractivity contribution in [3.63, 3.8) is 0 Å². The predicted octanol–water partition coefficient (Wildman–Crippen LogP) is -1.51. The van der Waals surface area contributed by atoms with Gasteiger partial charge in [-0.2, -0.15) is 0 Å². The van der Waals surface area contributed by atoms with E-state index < -0.39 is 27.3 Å². The van der Waals surface area contributed by atoms with Crippen LogP contribution in [0.3, 0.4) is 0 Å². The second-order valence-corrected chi connectivity index (χ2v) is 2.91. The number of carbonyl (C=O) groups is 1. The van der Waals surface area contributed by atoms with Crippen LogP contribution in [0.4, 0.5) is 0 Å². The molecule has 12 heavy (non-hydrogen) atoms. The van der Waals surface area contributed by atoms with E-state index >= 15 is 0 Å². The fraction of sp³-hybridized carbons (Fsp3) is 0.800. The summed E-state index contributed by atoms with van der Waals surface area (Å²) in [6.45, 7) is -0.494. The quantitative estimate of drug-likeness (QED) is 0.304. The minimum Gasteiger partial charge on any atom is -0.394 e. The molecule has 0 aromatic rings. The van der Waals surface area contributed by atoms with Gasteiger partial charge in [0.15, 0.2) is 0 Å². The summed E-state index contributed by atoms with van der Waals surface area (Å²) in [5.41, 5.74) is 4.89. The molecular weight excluding hydrogens is 185 g/mol. The standard InChI is InChI=1S/C5H12NO5P/c6-12(10)11-5(3-8)4(9)1-2-7/h2,4-5,8-10H,1,3,6H2/t4-,5+,12?/m0/s1. The van der Waals surface area contributed by atoms with Crippen LogP contribution in [-0.4, -0.2) is 40.2 Å². The van der Waals surface area contributed by atoms with Crippen molar-refractivity contribution in [2.75, 3.05) is 6.61 Å². The Balaban J connectivity index is 3.86. The second kappa shape index (κ2) is 6.42. The zero-order valence-corrected chi connectivity index (χ0v) is 7.22. The van der Waals surface area contributed by atoms with Gasteiger partial charge in [-0.25, -0.2) is 0 Å². The van der Waals surface area contributed by atoms with E-state index in [9.17, 15) is 4.79 Å². The first-order valence-corrected chi connectivity index (χ1v) is 4.53. The molecule has 0 aromatic carbocycles. The lowest BCUT2D eigenvalue weighted by Crippen LogP contribution is -2.32. The van der Waals surface area contributed by atoms with Gasteiger partial charge in [0.2, 0.25) is 0 Å². The number of carbonyl (C=O) groups excluding carboxylic acids is 1. The van der Waals surface area contributed by atoms with Gasteiger partial charge >= 0.3 is 0 Å². The first kappa shape index (κ1) is 11.9. The molecule has 3 atom stereocenters. The average molecular weight is 197 g/mol. The highest BCUT2D eigenvalue weighted by Crippen LogP contribution is 2.24. The van der Waals surface area contributed by atoms with Crippen LogP contribution >= 0.6 is 8.53 Å². The minimum absolute atomic E-state index is 0.158. The normalized spacial score (nSPS) is 18.3. The third kappa shape index (κ3) is 4.71. The van der Waals surface area contributed by atoms with Crippen LogP contribution in [0, 0.1) is 0 Å². The van der Waals surface area contributed by atoms with Crippen molar-refractivity contribution in [1.82, 2.24) is 0 Å². The Morgan fingerprint density at radius 1 is 1.67 bits per heavy atom. The maximum absolute atomic E-state index is 9.94. The number of hydrogen-bond donors (Lipinski definition) is 4. The van der Waals surface area contributed by atoms with Crippen LogP contribution in [0.25, 0.3) is 0 Å². The van der Waals surface area contributed by atoms with Crippen molar-refractivity contribution in [2.24, 2.45) is 5.50 Å². The summed E-state index contributed by atoms with van der Waals surface area (Å²) in [4.78, 5) is 18.5. The summed E-state index contributed by atoms with van der Waals surface area (Å²) in [6.07, 6.45) is -1.80. The van der Waals surface area contributed by atoms with E-state index in [4.69, 9.17) is 20.6 Å². The van der Waals surface area contributed by atoms with E-state index in [1.54, 1.807) is 0 Å². The van der Waals surface area contributed by atoms with Gasteiger partial charge < -0.3 is 24.4 Å². The molecular formula is C5H12NO5P. The Labute approximate surface area is 70.9 Å². The van der Waals surface area contributed by atoms with E-state index in [1.165, 1.54) is 0 Å². The summed E-state index contributed by atoms with van der Waals surface area (Å²) < 4.78 is 4.55. The van der Waals surface area contributed by atoms with Crippen molar-refractivity contribution < 1.29 is 24.4 Å². The van der Waals surface area contributed by atoms with Crippen molar-refractivity contribution in [2.45, 2.75) is 18.6 Å².